The first-order valence-corrected chi connectivity index (χ1v) is 12.5. The van der Waals surface area contributed by atoms with Gasteiger partial charge in [-0.3, -0.25) is 14.9 Å². The maximum Gasteiger partial charge on any atom is 0.282 e. The molecule has 4 aromatic rings. The van der Waals surface area contributed by atoms with Crippen LogP contribution in [0.3, 0.4) is 0 Å². The Labute approximate surface area is 224 Å². The molecule has 0 saturated carbocycles. The summed E-state index contributed by atoms with van der Waals surface area (Å²) in [5.74, 6) is 1.07. The predicted octanol–water partition coefficient (Wildman–Crippen LogP) is 6.59. The van der Waals surface area contributed by atoms with Gasteiger partial charge < -0.3 is 4.74 Å². The van der Waals surface area contributed by atoms with Gasteiger partial charge in [0, 0.05) is 32.1 Å². The zero-order chi connectivity index (χ0) is 26.0. The molecule has 0 spiro atoms. The lowest BCUT2D eigenvalue weighted by molar-refractivity contribution is -0.384. The minimum absolute atomic E-state index is 0.0198. The van der Waals surface area contributed by atoms with E-state index < -0.39 is 10.3 Å². The van der Waals surface area contributed by atoms with Gasteiger partial charge in [-0.25, -0.2) is 4.98 Å². The zero-order valence-electron chi connectivity index (χ0n) is 19.7. The Kier molecular flexibility index (Phi) is 7.37. The second-order valence-electron chi connectivity index (χ2n) is 9.10. The van der Waals surface area contributed by atoms with E-state index in [1.54, 1.807) is 30.5 Å². The number of aromatic nitrogens is 2. The molecule has 0 aliphatic rings. The highest BCUT2D eigenvalue weighted by Gasteiger charge is 2.23. The lowest BCUT2D eigenvalue weighted by Gasteiger charge is -2.21. The van der Waals surface area contributed by atoms with Gasteiger partial charge in [0.1, 0.15) is 18.2 Å². The standard InChI is InChI=1S/C26H22Br2N4O4/c1-26(2,3)25-30-22-10-6-19(28)13-21(22)24(33)31(25)29-14-17-12-18(27)7-11-23(17)36-15-16-4-8-20(9-5-16)32(34)35/h4-14H,15H2,1-3H3. The van der Waals surface area contributed by atoms with E-state index in [4.69, 9.17) is 9.72 Å². The molecule has 8 nitrogen and oxygen atoms in total. The Morgan fingerprint density at radius 2 is 1.72 bits per heavy atom. The van der Waals surface area contributed by atoms with Crippen molar-refractivity contribution < 1.29 is 9.66 Å². The molecule has 0 unspecified atom stereocenters. The van der Waals surface area contributed by atoms with Crippen LogP contribution in [-0.4, -0.2) is 20.8 Å². The number of halogens is 2. The Morgan fingerprint density at radius 3 is 2.39 bits per heavy atom. The lowest BCUT2D eigenvalue weighted by atomic mass is 9.95. The fourth-order valence-electron chi connectivity index (χ4n) is 3.49. The van der Waals surface area contributed by atoms with Gasteiger partial charge in [-0.15, -0.1) is 0 Å². The summed E-state index contributed by atoms with van der Waals surface area (Å²) in [5.41, 5.74) is 1.34. The number of hydrogen-bond donors (Lipinski definition) is 0. The summed E-state index contributed by atoms with van der Waals surface area (Å²) in [5, 5.41) is 15.9. The van der Waals surface area contributed by atoms with E-state index in [2.05, 4.69) is 37.0 Å². The first-order chi connectivity index (χ1) is 17.0. The van der Waals surface area contributed by atoms with Crippen molar-refractivity contribution in [3.05, 3.63) is 107 Å². The number of non-ortho nitro benzene ring substituents is 1. The quantitative estimate of drug-likeness (QED) is 0.139. The summed E-state index contributed by atoms with van der Waals surface area (Å²) in [6, 6.07) is 17.0. The van der Waals surface area contributed by atoms with Gasteiger partial charge in [0.05, 0.1) is 22.0 Å². The molecule has 0 aliphatic carbocycles. The number of rotatable bonds is 6. The van der Waals surface area contributed by atoms with E-state index in [0.29, 0.717) is 28.0 Å². The molecule has 184 valence electrons. The molecule has 4 rings (SSSR count). The molecular weight excluding hydrogens is 592 g/mol. The highest BCUT2D eigenvalue weighted by Crippen LogP contribution is 2.25. The van der Waals surface area contributed by atoms with Crippen LogP contribution in [0.5, 0.6) is 5.75 Å². The summed E-state index contributed by atoms with van der Waals surface area (Å²) < 4.78 is 8.91. The monoisotopic (exact) mass is 612 g/mol. The van der Waals surface area contributed by atoms with E-state index in [1.165, 1.54) is 16.8 Å². The van der Waals surface area contributed by atoms with Gasteiger partial charge >= 0.3 is 0 Å². The summed E-state index contributed by atoms with van der Waals surface area (Å²) in [4.78, 5) is 28.6. The summed E-state index contributed by atoms with van der Waals surface area (Å²) in [6.07, 6.45) is 1.57. The fourth-order valence-corrected chi connectivity index (χ4v) is 4.23. The van der Waals surface area contributed by atoms with Gasteiger partial charge in [-0.2, -0.15) is 9.78 Å². The van der Waals surface area contributed by atoms with Crippen LogP contribution in [0.25, 0.3) is 10.9 Å². The van der Waals surface area contributed by atoms with E-state index in [-0.39, 0.29) is 17.9 Å². The van der Waals surface area contributed by atoms with Crippen molar-refractivity contribution in [3.63, 3.8) is 0 Å². The zero-order valence-corrected chi connectivity index (χ0v) is 22.9. The van der Waals surface area contributed by atoms with Crippen LogP contribution in [0.2, 0.25) is 0 Å². The van der Waals surface area contributed by atoms with Crippen LogP contribution in [-0.2, 0) is 12.0 Å². The average Bonchev–Trinajstić information content (AvgIpc) is 2.82. The van der Waals surface area contributed by atoms with Crippen LogP contribution in [0.1, 0.15) is 37.7 Å². The van der Waals surface area contributed by atoms with Gasteiger partial charge in [0.15, 0.2) is 0 Å². The maximum absolute atomic E-state index is 13.4. The highest BCUT2D eigenvalue weighted by molar-refractivity contribution is 9.10. The third-order valence-corrected chi connectivity index (χ3v) is 6.29. The van der Waals surface area contributed by atoms with Crippen LogP contribution < -0.4 is 10.3 Å². The molecule has 36 heavy (non-hydrogen) atoms. The molecule has 0 aliphatic heterocycles. The van der Waals surface area contributed by atoms with Gasteiger partial charge in [0.25, 0.3) is 11.2 Å². The summed E-state index contributed by atoms with van der Waals surface area (Å²) in [6.45, 7) is 6.13. The van der Waals surface area contributed by atoms with Crippen molar-refractivity contribution in [3.8, 4) is 5.75 Å². The average molecular weight is 614 g/mol. The molecule has 10 heteroatoms. The molecule has 1 heterocycles. The van der Waals surface area contributed by atoms with Gasteiger partial charge in [-0.05, 0) is 54.1 Å². The van der Waals surface area contributed by atoms with Gasteiger partial charge in [0.2, 0.25) is 0 Å². The van der Waals surface area contributed by atoms with E-state index in [9.17, 15) is 14.9 Å². The number of ether oxygens (including phenoxy) is 1. The number of hydrogen-bond acceptors (Lipinski definition) is 6. The second-order valence-corrected chi connectivity index (χ2v) is 10.9. The molecule has 0 atom stereocenters. The molecule has 1 aromatic heterocycles. The van der Waals surface area contributed by atoms with E-state index in [1.807, 2.05) is 45.0 Å². The molecule has 0 fully saturated rings. The Bertz CT molecular complexity index is 1540. The maximum atomic E-state index is 13.4. The summed E-state index contributed by atoms with van der Waals surface area (Å²) in [7, 11) is 0. The fraction of sp³-hybridized carbons (Fsp3) is 0.192. The highest BCUT2D eigenvalue weighted by atomic mass is 79.9. The van der Waals surface area contributed by atoms with Crippen molar-refractivity contribution in [2.24, 2.45) is 5.10 Å². The van der Waals surface area contributed by atoms with Crippen LogP contribution in [0.15, 0.2) is 79.5 Å². The van der Waals surface area contributed by atoms with E-state index >= 15 is 0 Å². The predicted molar refractivity (Wildman–Crippen MR) is 147 cm³/mol. The molecule has 0 amide bonds. The molecular formula is C26H22Br2N4O4. The third-order valence-electron chi connectivity index (χ3n) is 5.30. The minimum Gasteiger partial charge on any atom is -0.488 e. The van der Waals surface area contributed by atoms with Crippen molar-refractivity contribution in [1.82, 2.24) is 9.66 Å². The Balaban J connectivity index is 1.71. The number of nitrogens with zero attached hydrogens (tertiary/aromatic N) is 4. The van der Waals surface area contributed by atoms with Crippen molar-refractivity contribution in [1.29, 1.82) is 0 Å². The van der Waals surface area contributed by atoms with Crippen molar-refractivity contribution in [2.45, 2.75) is 32.8 Å². The molecule has 3 aromatic carbocycles. The number of fused-ring (bicyclic) bond motifs is 1. The Morgan fingerprint density at radius 1 is 1.06 bits per heavy atom. The second kappa shape index (κ2) is 10.3. The van der Waals surface area contributed by atoms with Crippen LogP contribution >= 0.6 is 31.9 Å². The smallest absolute Gasteiger partial charge is 0.282 e. The molecule has 0 saturated heterocycles. The van der Waals surface area contributed by atoms with Crippen LogP contribution in [0.4, 0.5) is 5.69 Å². The van der Waals surface area contributed by atoms with Crippen LogP contribution in [0, 0.1) is 10.1 Å². The first-order valence-electron chi connectivity index (χ1n) is 11.0. The molecule has 0 N–H and O–H groups in total. The lowest BCUT2D eigenvalue weighted by Crippen LogP contribution is -2.29. The normalized spacial score (nSPS) is 11.8. The number of nitro groups is 1. The third kappa shape index (κ3) is 5.71. The van der Waals surface area contributed by atoms with Crippen molar-refractivity contribution >= 4 is 54.7 Å². The SMILES string of the molecule is CC(C)(C)c1nc2ccc(Br)cc2c(=O)n1N=Cc1cc(Br)ccc1OCc1ccc([N+](=O)[O-])cc1. The first kappa shape index (κ1) is 25.7. The Hall–Kier alpha value is -3.37. The largest absolute Gasteiger partial charge is 0.488 e. The molecule has 0 radical (unpaired) electrons. The molecule has 0 bridgehead atoms. The van der Waals surface area contributed by atoms with E-state index in [0.717, 1.165) is 14.5 Å². The minimum atomic E-state index is -0.442. The summed E-state index contributed by atoms with van der Waals surface area (Å²) >= 11 is 6.89. The topological polar surface area (TPSA) is 99.6 Å². The van der Waals surface area contributed by atoms with Crippen molar-refractivity contribution in [2.75, 3.05) is 0 Å². The van der Waals surface area contributed by atoms with Gasteiger partial charge in [-0.1, -0.05) is 52.6 Å². The number of benzene rings is 3. The number of nitro benzene ring substituents is 1.